The van der Waals surface area contributed by atoms with Crippen LogP contribution in [-0.2, 0) is 43.4 Å². The molecule has 2 saturated heterocycles. The van der Waals surface area contributed by atoms with Crippen LogP contribution in [0.1, 0.15) is 92.2 Å². The van der Waals surface area contributed by atoms with Gasteiger partial charge in [0.25, 0.3) is 0 Å². The van der Waals surface area contributed by atoms with Crippen LogP contribution < -0.4 is 9.62 Å². The summed E-state index contributed by atoms with van der Waals surface area (Å²) in [5, 5.41) is 3.20. The third kappa shape index (κ3) is 8.83. The lowest BCUT2D eigenvalue weighted by Crippen LogP contribution is -2.28. The molecule has 0 aliphatic carbocycles. The minimum absolute atomic E-state index is 0.0456. The number of anilines is 2. The highest BCUT2D eigenvalue weighted by Gasteiger charge is 2.27. The number of rotatable bonds is 9. The molecule has 4 heterocycles. The number of sulfonamides is 1. The van der Waals surface area contributed by atoms with Gasteiger partial charge in [0.1, 0.15) is 11.6 Å². The fourth-order valence-corrected chi connectivity index (χ4v) is 8.27. The summed E-state index contributed by atoms with van der Waals surface area (Å²) in [5.74, 6) is 3.65. The molecule has 2 aliphatic rings. The highest BCUT2D eigenvalue weighted by Crippen LogP contribution is 2.33. The normalized spacial score (nSPS) is 16.8. The maximum Gasteiger partial charge on any atom is 0.234 e. The van der Waals surface area contributed by atoms with Crippen molar-refractivity contribution >= 4 is 43.5 Å². The van der Waals surface area contributed by atoms with E-state index >= 15 is 0 Å². The van der Waals surface area contributed by atoms with E-state index in [4.69, 9.17) is 19.4 Å². The highest BCUT2D eigenvalue weighted by molar-refractivity contribution is 7.92. The Kier molecular flexibility index (Phi) is 11.9. The molecule has 10 nitrogen and oxygen atoms in total. The van der Waals surface area contributed by atoms with E-state index in [1.165, 1.54) is 15.6 Å². The Hall–Kier alpha value is -3.15. The molecule has 50 heavy (non-hydrogen) atoms. The lowest BCUT2D eigenvalue weighted by molar-refractivity contribution is 0.0610. The summed E-state index contributed by atoms with van der Waals surface area (Å²) in [5.41, 5.74) is 5.99. The number of benzene rings is 2. The first-order chi connectivity index (χ1) is 23.6. The molecule has 2 aromatic heterocycles. The topological polar surface area (TPSA) is 104 Å². The summed E-state index contributed by atoms with van der Waals surface area (Å²) in [4.78, 5) is 9.88. The van der Waals surface area contributed by atoms with Crippen molar-refractivity contribution < 1.29 is 17.9 Å². The van der Waals surface area contributed by atoms with Gasteiger partial charge in [-0.15, -0.1) is 0 Å². The molecule has 0 atom stereocenters. The lowest BCUT2D eigenvalue weighted by atomic mass is 9.94. The van der Waals surface area contributed by atoms with Gasteiger partial charge < -0.3 is 23.9 Å². The SMILES string of the molecule is CCCS(=O)(=O)N(C)c1ccc2c(c1)nc(C(C)(C)C)n2CC1CCOCC1.CNc1ccc2c(c1)nc(C(C)(C)C)n2CC1CCOCC1. The number of nitrogens with one attached hydrogen (secondary N) is 1. The molecule has 6 rings (SSSR count). The van der Waals surface area contributed by atoms with Crippen LogP contribution in [-0.4, -0.2) is 73.8 Å². The van der Waals surface area contributed by atoms with E-state index in [0.29, 0.717) is 23.9 Å². The van der Waals surface area contributed by atoms with Crippen LogP contribution in [0.4, 0.5) is 11.4 Å². The number of nitrogens with zero attached hydrogens (tertiary/aromatic N) is 5. The van der Waals surface area contributed by atoms with Crippen LogP contribution in [0, 0.1) is 11.8 Å². The second-order valence-electron chi connectivity index (χ2n) is 16.1. The second-order valence-corrected chi connectivity index (χ2v) is 18.2. The molecule has 0 saturated carbocycles. The van der Waals surface area contributed by atoms with E-state index in [9.17, 15) is 8.42 Å². The van der Waals surface area contributed by atoms with Gasteiger partial charge in [-0.3, -0.25) is 4.31 Å². The molecule has 0 amide bonds. The standard InChI is InChI=1S/C21H33N3O3S.C18H27N3O/c1-6-13-28(25,26)23(5)17-7-8-19-18(14-17)22-20(21(2,3)4)24(19)15-16-9-11-27-12-10-16;1-18(2,3)17-20-15-11-14(19-4)5-6-16(15)21(17)12-13-7-9-22-10-8-13/h7-8,14,16H,6,9-13,15H2,1-5H3;5-6,11,13,19H,7-10,12H2,1-4H3. The first kappa shape index (κ1) is 38.1. The molecule has 0 spiro atoms. The molecule has 0 radical (unpaired) electrons. The zero-order chi connectivity index (χ0) is 36.3. The fourth-order valence-electron chi connectivity index (χ4n) is 7.04. The summed E-state index contributed by atoms with van der Waals surface area (Å²) < 4.78 is 42.1. The number of ether oxygens (including phenoxy) is 2. The molecule has 11 heteroatoms. The molecule has 0 bridgehead atoms. The smallest absolute Gasteiger partial charge is 0.234 e. The van der Waals surface area contributed by atoms with Crippen molar-refractivity contribution in [2.24, 2.45) is 11.8 Å². The van der Waals surface area contributed by atoms with Gasteiger partial charge in [-0.1, -0.05) is 48.5 Å². The Balaban J connectivity index is 0.000000200. The molecule has 0 unspecified atom stereocenters. The van der Waals surface area contributed by atoms with Gasteiger partial charge in [0.15, 0.2) is 0 Å². The van der Waals surface area contributed by atoms with Crippen molar-refractivity contribution in [1.29, 1.82) is 0 Å². The van der Waals surface area contributed by atoms with Crippen molar-refractivity contribution in [2.75, 3.05) is 55.9 Å². The molecule has 4 aromatic rings. The maximum atomic E-state index is 12.4. The van der Waals surface area contributed by atoms with Crippen LogP contribution >= 0.6 is 0 Å². The van der Waals surface area contributed by atoms with Crippen molar-refractivity contribution in [3.05, 3.63) is 48.0 Å². The Morgan fingerprint density at radius 1 is 0.780 bits per heavy atom. The van der Waals surface area contributed by atoms with E-state index in [2.05, 4.69) is 74.2 Å². The Morgan fingerprint density at radius 2 is 1.24 bits per heavy atom. The first-order valence-corrected chi connectivity index (χ1v) is 20.0. The predicted octanol–water partition coefficient (Wildman–Crippen LogP) is 7.74. The van der Waals surface area contributed by atoms with Gasteiger partial charge in [-0.05, 0) is 80.3 Å². The zero-order valence-electron chi connectivity index (χ0n) is 31.9. The van der Waals surface area contributed by atoms with E-state index in [-0.39, 0.29) is 16.6 Å². The molecule has 1 N–H and O–H groups in total. The third-order valence-corrected chi connectivity index (χ3v) is 11.9. The fraction of sp³-hybridized carbons (Fsp3) is 0.641. The minimum atomic E-state index is -3.30. The van der Waals surface area contributed by atoms with Crippen LogP contribution in [0.25, 0.3) is 22.1 Å². The van der Waals surface area contributed by atoms with Crippen molar-refractivity contribution in [3.8, 4) is 0 Å². The van der Waals surface area contributed by atoms with Gasteiger partial charge in [-0.2, -0.15) is 0 Å². The number of fused-ring (bicyclic) bond motifs is 2. The van der Waals surface area contributed by atoms with Crippen molar-refractivity contribution in [2.45, 2.75) is 104 Å². The van der Waals surface area contributed by atoms with Gasteiger partial charge in [-0.25, -0.2) is 18.4 Å². The quantitative estimate of drug-likeness (QED) is 0.190. The lowest BCUT2D eigenvalue weighted by Gasteiger charge is -2.26. The number of hydrogen-bond donors (Lipinski definition) is 1. The molecular formula is C39H60N6O4S. The molecule has 2 fully saturated rings. The van der Waals surface area contributed by atoms with Crippen LogP contribution in [0.5, 0.6) is 0 Å². The highest BCUT2D eigenvalue weighted by atomic mass is 32.2. The summed E-state index contributed by atoms with van der Waals surface area (Å²) in [6, 6.07) is 12.3. The minimum Gasteiger partial charge on any atom is -0.388 e. The zero-order valence-corrected chi connectivity index (χ0v) is 32.7. The molecule has 2 aromatic carbocycles. The average molecular weight is 709 g/mol. The Labute approximate surface area is 300 Å². The molecule has 276 valence electrons. The number of aromatic nitrogens is 4. The third-order valence-electron chi connectivity index (χ3n) is 9.92. The first-order valence-electron chi connectivity index (χ1n) is 18.4. The summed E-state index contributed by atoms with van der Waals surface area (Å²) in [7, 11) is 0.269. The predicted molar refractivity (Wildman–Crippen MR) is 206 cm³/mol. The largest absolute Gasteiger partial charge is 0.388 e. The summed E-state index contributed by atoms with van der Waals surface area (Å²) in [6.45, 7) is 20.5. The van der Waals surface area contributed by atoms with Gasteiger partial charge in [0.05, 0.1) is 33.5 Å². The molecular weight excluding hydrogens is 649 g/mol. The number of imidazole rings is 2. The Bertz CT molecular complexity index is 1840. The van der Waals surface area contributed by atoms with E-state index in [0.717, 1.165) is 93.3 Å². The van der Waals surface area contributed by atoms with Crippen LogP contribution in [0.2, 0.25) is 0 Å². The van der Waals surface area contributed by atoms with Crippen LogP contribution in [0.3, 0.4) is 0 Å². The number of hydrogen-bond acceptors (Lipinski definition) is 7. The van der Waals surface area contributed by atoms with Crippen molar-refractivity contribution in [3.63, 3.8) is 0 Å². The van der Waals surface area contributed by atoms with E-state index in [1.807, 2.05) is 32.2 Å². The maximum absolute atomic E-state index is 12.4. The monoisotopic (exact) mass is 708 g/mol. The van der Waals surface area contributed by atoms with Gasteiger partial charge in [0, 0.05) is 70.1 Å². The summed E-state index contributed by atoms with van der Waals surface area (Å²) >= 11 is 0. The summed E-state index contributed by atoms with van der Waals surface area (Å²) in [6.07, 6.45) is 5.04. The van der Waals surface area contributed by atoms with Gasteiger partial charge in [0.2, 0.25) is 10.0 Å². The van der Waals surface area contributed by atoms with Crippen molar-refractivity contribution in [1.82, 2.24) is 19.1 Å². The van der Waals surface area contributed by atoms with E-state index < -0.39 is 10.0 Å². The Morgan fingerprint density at radius 3 is 1.68 bits per heavy atom. The average Bonchev–Trinajstić information content (AvgIpc) is 3.63. The second kappa shape index (κ2) is 15.6. The van der Waals surface area contributed by atoms with Crippen LogP contribution in [0.15, 0.2) is 36.4 Å². The molecule has 2 aliphatic heterocycles. The van der Waals surface area contributed by atoms with Gasteiger partial charge >= 0.3 is 0 Å². The van der Waals surface area contributed by atoms with E-state index in [1.54, 1.807) is 7.05 Å².